The first-order valence-electron chi connectivity index (χ1n) is 6.62. The summed E-state index contributed by atoms with van der Waals surface area (Å²) in [7, 11) is 0. The van der Waals surface area contributed by atoms with E-state index in [9.17, 15) is 13.2 Å². The molecule has 0 saturated carbocycles. The van der Waals surface area contributed by atoms with Crippen LogP contribution in [0.2, 0.25) is 9.36 Å². The van der Waals surface area contributed by atoms with E-state index in [4.69, 9.17) is 23.2 Å². The zero-order valence-electron chi connectivity index (χ0n) is 12.1. The number of hydrogen-bond acceptors (Lipinski definition) is 4. The first kappa shape index (κ1) is 17.2. The van der Waals surface area contributed by atoms with Crippen molar-refractivity contribution in [3.8, 4) is 10.7 Å². The van der Waals surface area contributed by atoms with E-state index in [0.29, 0.717) is 20.1 Å². The second-order valence-corrected chi connectivity index (χ2v) is 7.03. The summed E-state index contributed by atoms with van der Waals surface area (Å²) in [6.07, 6.45) is -1.77. The number of alkyl halides is 3. The van der Waals surface area contributed by atoms with Gasteiger partial charge in [0.2, 0.25) is 0 Å². The Labute approximate surface area is 148 Å². The Morgan fingerprint density at radius 3 is 2.38 bits per heavy atom. The molecule has 0 spiro atoms. The Morgan fingerprint density at radius 1 is 1.17 bits per heavy atom. The molecule has 0 aromatic carbocycles. The molecule has 3 heterocycles. The monoisotopic (exact) mass is 392 g/mol. The zero-order chi connectivity index (χ0) is 17.5. The van der Waals surface area contributed by atoms with Crippen molar-refractivity contribution in [3.05, 3.63) is 51.1 Å². The van der Waals surface area contributed by atoms with Crippen LogP contribution < -0.4 is 0 Å². The molecule has 0 amide bonds. The number of thiophene rings is 1. The minimum absolute atomic E-state index is 0.0134. The summed E-state index contributed by atoms with van der Waals surface area (Å²) in [5, 5.41) is 0.349. The van der Waals surface area contributed by atoms with Gasteiger partial charge in [-0.3, -0.25) is 0 Å². The predicted molar refractivity (Wildman–Crippen MR) is 86.4 cm³/mol. The molecule has 0 unspecified atom stereocenters. The Hall–Kier alpha value is -1.64. The quantitative estimate of drug-likeness (QED) is 0.623. The third-order valence-electron chi connectivity index (χ3n) is 3.26. The molecular weight excluding hydrogens is 384 g/mol. The van der Waals surface area contributed by atoms with Crippen molar-refractivity contribution in [1.82, 2.24) is 19.5 Å². The largest absolute Gasteiger partial charge is 0.435 e. The number of halogens is 5. The average Bonchev–Trinajstić information content (AvgIpc) is 3.06. The smallest absolute Gasteiger partial charge is 0.319 e. The average molecular weight is 393 g/mol. The van der Waals surface area contributed by atoms with E-state index in [1.54, 1.807) is 12.1 Å². The van der Waals surface area contributed by atoms with E-state index < -0.39 is 11.9 Å². The van der Waals surface area contributed by atoms with Crippen molar-refractivity contribution < 1.29 is 13.2 Å². The fourth-order valence-corrected chi connectivity index (χ4v) is 3.32. The fourth-order valence-electron chi connectivity index (χ4n) is 2.18. The van der Waals surface area contributed by atoms with Crippen molar-refractivity contribution in [2.75, 3.05) is 0 Å². The predicted octanol–water partition coefficient (Wildman–Crippen LogP) is 5.08. The van der Waals surface area contributed by atoms with Gasteiger partial charge < -0.3 is 4.57 Å². The highest BCUT2D eigenvalue weighted by atomic mass is 35.5. The Balaban J connectivity index is 2.11. The zero-order valence-corrected chi connectivity index (χ0v) is 14.4. The maximum Gasteiger partial charge on any atom is 0.435 e. The van der Waals surface area contributed by atoms with Gasteiger partial charge in [0.05, 0.1) is 20.8 Å². The van der Waals surface area contributed by atoms with Gasteiger partial charge in [0.15, 0.2) is 11.5 Å². The van der Waals surface area contributed by atoms with Crippen molar-refractivity contribution in [2.24, 2.45) is 0 Å². The molecule has 0 aliphatic rings. The summed E-state index contributed by atoms with van der Waals surface area (Å²) in [6, 6.07) is 3.25. The highest BCUT2D eigenvalue weighted by Crippen LogP contribution is 2.37. The van der Waals surface area contributed by atoms with Gasteiger partial charge >= 0.3 is 6.18 Å². The number of aromatic nitrogens is 4. The van der Waals surface area contributed by atoms with Gasteiger partial charge in [0, 0.05) is 18.1 Å². The molecule has 0 atom stereocenters. The number of rotatable bonds is 3. The molecule has 4 nitrogen and oxygen atoms in total. The highest BCUT2D eigenvalue weighted by molar-refractivity contribution is 7.19. The van der Waals surface area contributed by atoms with Crippen LogP contribution in [0.25, 0.3) is 10.7 Å². The summed E-state index contributed by atoms with van der Waals surface area (Å²) in [5.41, 5.74) is -0.948. The lowest BCUT2D eigenvalue weighted by atomic mass is 10.3. The van der Waals surface area contributed by atoms with Crippen LogP contribution in [0.4, 0.5) is 13.2 Å². The van der Waals surface area contributed by atoms with Gasteiger partial charge in [-0.2, -0.15) is 13.2 Å². The second-order valence-electron chi connectivity index (χ2n) is 4.87. The van der Waals surface area contributed by atoms with Crippen LogP contribution in [-0.4, -0.2) is 19.5 Å². The Morgan fingerprint density at radius 2 is 1.83 bits per heavy atom. The molecule has 0 radical (unpaired) electrons. The van der Waals surface area contributed by atoms with Crippen molar-refractivity contribution in [3.63, 3.8) is 0 Å². The lowest BCUT2D eigenvalue weighted by Crippen LogP contribution is -2.10. The van der Waals surface area contributed by atoms with Crippen LogP contribution >= 0.6 is 34.5 Å². The lowest BCUT2D eigenvalue weighted by Gasteiger charge is -2.09. The van der Waals surface area contributed by atoms with Crippen LogP contribution in [0.3, 0.4) is 0 Å². The fraction of sp³-hybridized carbons (Fsp3) is 0.214. The van der Waals surface area contributed by atoms with Crippen LogP contribution in [0, 0.1) is 6.92 Å². The standard InChI is InChI=1S/C14H9Cl2F3N4S/c1-7-12(14(17,18)19)22-13(9-2-3-10(16)24-9)23(7)6-11-20-4-8(15)5-21-11/h2-5H,6H2,1H3. The molecule has 3 aromatic heterocycles. The molecule has 0 aliphatic carbocycles. The molecule has 0 fully saturated rings. The third-order valence-corrected chi connectivity index (χ3v) is 4.68. The molecule has 0 bridgehead atoms. The van der Waals surface area contributed by atoms with Gasteiger partial charge in [0.1, 0.15) is 5.82 Å². The van der Waals surface area contributed by atoms with E-state index in [2.05, 4.69) is 15.0 Å². The molecule has 24 heavy (non-hydrogen) atoms. The van der Waals surface area contributed by atoms with Crippen molar-refractivity contribution in [2.45, 2.75) is 19.6 Å². The molecular formula is C14H9Cl2F3N4S. The lowest BCUT2D eigenvalue weighted by molar-refractivity contribution is -0.141. The topological polar surface area (TPSA) is 43.6 Å². The molecule has 0 N–H and O–H groups in total. The van der Waals surface area contributed by atoms with Gasteiger partial charge in [-0.25, -0.2) is 15.0 Å². The number of nitrogens with zero attached hydrogens (tertiary/aromatic N) is 4. The first-order valence-corrected chi connectivity index (χ1v) is 8.19. The summed E-state index contributed by atoms with van der Waals surface area (Å²) < 4.78 is 41.5. The summed E-state index contributed by atoms with van der Waals surface area (Å²) in [6.45, 7) is 1.40. The van der Waals surface area contributed by atoms with Gasteiger partial charge in [0.25, 0.3) is 0 Å². The molecule has 0 aliphatic heterocycles. The summed E-state index contributed by atoms with van der Waals surface area (Å²) in [4.78, 5) is 12.4. The molecule has 0 saturated heterocycles. The molecule has 3 aromatic rings. The third kappa shape index (κ3) is 3.40. The Bertz CT molecular complexity index is 871. The van der Waals surface area contributed by atoms with Crippen molar-refractivity contribution >= 4 is 34.5 Å². The minimum Gasteiger partial charge on any atom is -0.319 e. The first-order chi connectivity index (χ1) is 11.3. The van der Waals surface area contributed by atoms with E-state index in [0.717, 1.165) is 11.3 Å². The molecule has 10 heteroatoms. The van der Waals surface area contributed by atoms with Crippen LogP contribution in [0.15, 0.2) is 24.5 Å². The maximum absolute atomic E-state index is 13.2. The van der Waals surface area contributed by atoms with Crippen LogP contribution in [-0.2, 0) is 12.7 Å². The van der Waals surface area contributed by atoms with Crippen molar-refractivity contribution in [1.29, 1.82) is 0 Å². The van der Waals surface area contributed by atoms with Gasteiger partial charge in [-0.15, -0.1) is 11.3 Å². The van der Waals surface area contributed by atoms with Crippen LogP contribution in [0.1, 0.15) is 17.2 Å². The number of imidazole rings is 1. The normalized spacial score (nSPS) is 11.9. The van der Waals surface area contributed by atoms with E-state index in [1.165, 1.54) is 23.9 Å². The maximum atomic E-state index is 13.2. The Kier molecular flexibility index (Phi) is 4.54. The van der Waals surface area contributed by atoms with Gasteiger partial charge in [-0.1, -0.05) is 23.2 Å². The van der Waals surface area contributed by atoms with E-state index in [1.807, 2.05) is 0 Å². The van der Waals surface area contributed by atoms with E-state index in [-0.39, 0.29) is 18.1 Å². The summed E-state index contributed by atoms with van der Waals surface area (Å²) in [5.74, 6) is 0.507. The second kappa shape index (κ2) is 6.34. The molecule has 126 valence electrons. The molecule has 3 rings (SSSR count). The minimum atomic E-state index is -4.55. The summed E-state index contributed by atoms with van der Waals surface area (Å²) >= 11 is 12.8. The highest BCUT2D eigenvalue weighted by Gasteiger charge is 2.38. The van der Waals surface area contributed by atoms with E-state index >= 15 is 0 Å². The number of hydrogen-bond donors (Lipinski definition) is 0. The van der Waals surface area contributed by atoms with Gasteiger partial charge in [-0.05, 0) is 19.1 Å². The SMILES string of the molecule is Cc1c(C(F)(F)F)nc(-c2ccc(Cl)s2)n1Cc1ncc(Cl)cn1. The van der Waals surface area contributed by atoms with Crippen LogP contribution in [0.5, 0.6) is 0 Å².